The zero-order chi connectivity index (χ0) is 33.1. The molecule has 48 heavy (non-hydrogen) atoms. The maximum absolute atomic E-state index is 7.81. The van der Waals surface area contributed by atoms with Crippen LogP contribution < -0.4 is 15.6 Å². The molecule has 4 aromatic carbocycles. The molecule has 0 bridgehead atoms. The van der Waals surface area contributed by atoms with E-state index in [4.69, 9.17) is 19.6 Å². The number of nitrogens with zero attached hydrogens (tertiary/aromatic N) is 6. The molecule has 10 heteroatoms. The number of benzene rings is 4. The third-order valence-corrected chi connectivity index (χ3v) is 13.1. The first-order valence-electron chi connectivity index (χ1n) is 16.3. The lowest BCUT2D eigenvalue weighted by Crippen LogP contribution is -2.75. The normalized spacial score (nSPS) is 18.5. The van der Waals surface area contributed by atoms with E-state index >= 15 is 0 Å². The fraction of sp³-hybridized carbons (Fsp3) is 0.211. The van der Waals surface area contributed by atoms with Gasteiger partial charge in [-0.2, -0.15) is 0 Å². The first-order chi connectivity index (χ1) is 22.9. The Balaban J connectivity index is 1.43. The van der Waals surface area contributed by atoms with Crippen molar-refractivity contribution in [3.63, 3.8) is 0 Å². The molecule has 0 radical (unpaired) electrons. The van der Waals surface area contributed by atoms with Gasteiger partial charge in [-0.3, -0.25) is 0 Å². The summed E-state index contributed by atoms with van der Waals surface area (Å²) in [6.07, 6.45) is 0. The predicted octanol–water partition coefficient (Wildman–Crippen LogP) is 8.07. The van der Waals surface area contributed by atoms with Crippen LogP contribution in [0.2, 0.25) is 0 Å². The third kappa shape index (κ3) is 3.60. The molecular weight excluding hydrogens is 821 g/mol. The Morgan fingerprint density at radius 3 is 1.73 bits per heavy atom. The maximum Gasteiger partial charge on any atom is 0.568 e. The minimum absolute atomic E-state index is 0.0804. The zero-order valence-electron chi connectivity index (χ0n) is 27.4. The summed E-state index contributed by atoms with van der Waals surface area (Å²) in [6, 6.07) is 28.3. The first-order valence-corrected chi connectivity index (χ1v) is 18.5. The SMILES string of the molecule is CC(C)(C)c1cc(O[B-]23n4c5c6ccccc6c4N=c4c6ccccc6c(n42)=NC2=[N+]3C(=N5)c3cc(I)c(I)cc32)cc(C(C)(C)C)c1. The number of aromatic nitrogens is 2. The first kappa shape index (κ1) is 29.2. The monoisotopic (exact) mass is 852 g/mol. The summed E-state index contributed by atoms with van der Waals surface area (Å²) in [5.74, 6) is 4.26. The van der Waals surface area contributed by atoms with Crippen LogP contribution in [0.4, 0.5) is 11.6 Å². The Labute approximate surface area is 305 Å². The van der Waals surface area contributed by atoms with Gasteiger partial charge in [0, 0.05) is 28.7 Å². The van der Waals surface area contributed by atoms with Crippen molar-refractivity contribution in [3.8, 4) is 5.75 Å². The minimum atomic E-state index is -2.29. The topological polar surface area (TPSA) is 59.2 Å². The highest BCUT2D eigenvalue weighted by Crippen LogP contribution is 2.47. The van der Waals surface area contributed by atoms with E-state index in [1.165, 1.54) is 18.3 Å². The van der Waals surface area contributed by atoms with Crippen LogP contribution in [0.15, 0.2) is 93.8 Å². The van der Waals surface area contributed by atoms with Gasteiger partial charge in [-0.15, -0.1) is 0 Å². The lowest BCUT2D eigenvalue weighted by atomic mass is 9.75. The molecule has 1 unspecified atom stereocenters. The predicted molar refractivity (Wildman–Crippen MR) is 209 cm³/mol. The average molecular weight is 852 g/mol. The Bertz CT molecular complexity index is 2670. The van der Waals surface area contributed by atoms with E-state index in [1.807, 2.05) is 0 Å². The number of fused-ring (bicyclic) bond motifs is 9. The molecule has 4 aliphatic heterocycles. The van der Waals surface area contributed by atoms with Crippen LogP contribution in [0, 0.1) is 7.14 Å². The van der Waals surface area contributed by atoms with Gasteiger partial charge in [-0.25, -0.2) is 4.99 Å². The second-order valence-electron chi connectivity index (χ2n) is 15.3. The molecule has 0 spiro atoms. The number of hydrogen-bond donors (Lipinski definition) is 0. The molecule has 4 aliphatic rings. The van der Waals surface area contributed by atoms with Crippen molar-refractivity contribution >= 4 is 96.8 Å². The largest absolute Gasteiger partial charge is 0.648 e. The fourth-order valence-electron chi connectivity index (χ4n) is 7.90. The Kier molecular flexibility index (Phi) is 5.63. The highest BCUT2D eigenvalue weighted by atomic mass is 127. The summed E-state index contributed by atoms with van der Waals surface area (Å²) in [5.41, 5.74) is 6.16. The molecule has 0 saturated heterocycles. The van der Waals surface area contributed by atoms with Crippen LogP contribution in [0.25, 0.3) is 21.5 Å². The molecule has 1 atom stereocenters. The summed E-state index contributed by atoms with van der Waals surface area (Å²) >= 11 is 4.86. The lowest BCUT2D eigenvalue weighted by molar-refractivity contribution is -0.291. The minimum Gasteiger partial charge on any atom is -0.648 e. The molecule has 0 aliphatic carbocycles. The number of hydrogen-bond acceptors (Lipinski definition) is 4. The van der Waals surface area contributed by atoms with Gasteiger partial charge in [0.1, 0.15) is 11.3 Å². The third-order valence-electron chi connectivity index (χ3n) is 10.3. The highest BCUT2D eigenvalue weighted by molar-refractivity contribution is 14.1. The standard InChI is InChI=1S/C38H31BI2N6O/c1-37(2,3)20-15-21(38(4,5)6)17-22(16-20)48-39-45-31-23-11-7-9-13-25(23)33(45)43-35-27-18-29(40)30(41)19-28(27)36(47(35)39)44-34-26-14-10-8-12-24(26)32(42-31)46(34)39/h7-19H,1-6H3. The molecule has 0 N–H and O–H groups in total. The zero-order valence-corrected chi connectivity index (χ0v) is 31.7. The molecule has 0 amide bonds. The Morgan fingerprint density at radius 1 is 0.625 bits per heavy atom. The highest BCUT2D eigenvalue weighted by Gasteiger charge is 2.59. The van der Waals surface area contributed by atoms with Gasteiger partial charge >= 0.3 is 6.75 Å². The number of rotatable bonds is 2. The van der Waals surface area contributed by atoms with Gasteiger partial charge in [-0.05, 0) is 104 Å². The van der Waals surface area contributed by atoms with E-state index in [1.54, 1.807) is 0 Å². The van der Waals surface area contributed by atoms with Crippen molar-refractivity contribution in [1.82, 2.24) is 8.96 Å². The molecular formula is C38H31BI2N6O. The summed E-state index contributed by atoms with van der Waals surface area (Å²) in [4.78, 5) is 16.4. The number of aliphatic imine (C=N–C) groups is 1. The van der Waals surface area contributed by atoms with E-state index in [-0.39, 0.29) is 10.8 Å². The van der Waals surface area contributed by atoms with E-state index in [2.05, 4.69) is 179 Å². The van der Waals surface area contributed by atoms with Gasteiger partial charge in [0.15, 0.2) is 11.3 Å². The summed E-state index contributed by atoms with van der Waals surface area (Å²) in [5, 5.41) is 4.23. The number of halogens is 2. The summed E-state index contributed by atoms with van der Waals surface area (Å²) in [7, 11) is 0. The molecule has 7 nitrogen and oxygen atoms in total. The molecule has 0 saturated carbocycles. The second-order valence-corrected chi connectivity index (χ2v) is 17.6. The fourth-order valence-corrected chi connectivity index (χ4v) is 8.84. The molecule has 0 fully saturated rings. The Hall–Kier alpha value is -3.78. The molecule has 10 rings (SSSR count). The summed E-state index contributed by atoms with van der Waals surface area (Å²) < 4.78 is 17.0. The van der Waals surface area contributed by atoms with E-state index in [9.17, 15) is 0 Å². The van der Waals surface area contributed by atoms with Gasteiger partial charge in [0.05, 0.1) is 16.9 Å². The van der Waals surface area contributed by atoms with Crippen LogP contribution >= 0.6 is 45.2 Å². The van der Waals surface area contributed by atoms with Crippen molar-refractivity contribution in [1.29, 1.82) is 0 Å². The summed E-state index contributed by atoms with van der Waals surface area (Å²) in [6.45, 7) is 11.3. The van der Waals surface area contributed by atoms with Crippen molar-refractivity contribution in [2.24, 2.45) is 15.0 Å². The number of amidine groups is 2. The van der Waals surface area contributed by atoms with Crippen LogP contribution in [0.1, 0.15) is 63.8 Å². The second kappa shape index (κ2) is 9.26. The molecule has 6 aromatic rings. The van der Waals surface area contributed by atoms with Crippen LogP contribution in [0.5, 0.6) is 5.75 Å². The lowest BCUT2D eigenvalue weighted by Gasteiger charge is -2.47. The molecule has 236 valence electrons. The average Bonchev–Trinajstić information content (AvgIpc) is 3.66. The van der Waals surface area contributed by atoms with Gasteiger partial charge in [0.25, 0.3) is 0 Å². The van der Waals surface area contributed by atoms with Gasteiger partial charge in [0.2, 0.25) is 11.7 Å². The molecule has 2 aromatic heterocycles. The smallest absolute Gasteiger partial charge is 0.568 e. The van der Waals surface area contributed by atoms with Crippen LogP contribution in [-0.4, -0.2) is 31.9 Å². The quantitative estimate of drug-likeness (QED) is 0.129. The van der Waals surface area contributed by atoms with Gasteiger partial charge < -0.3 is 18.1 Å². The van der Waals surface area contributed by atoms with Crippen LogP contribution in [-0.2, 0) is 10.8 Å². The van der Waals surface area contributed by atoms with Crippen molar-refractivity contribution in [2.45, 2.75) is 52.4 Å². The van der Waals surface area contributed by atoms with Crippen LogP contribution in [0.3, 0.4) is 0 Å². The van der Waals surface area contributed by atoms with Crippen molar-refractivity contribution in [3.05, 3.63) is 119 Å². The Morgan fingerprint density at radius 2 is 1.15 bits per heavy atom. The maximum atomic E-state index is 7.81. The van der Waals surface area contributed by atoms with E-state index in [0.717, 1.165) is 72.7 Å². The van der Waals surface area contributed by atoms with E-state index < -0.39 is 6.75 Å². The van der Waals surface area contributed by atoms with Crippen molar-refractivity contribution in [2.75, 3.05) is 0 Å². The van der Waals surface area contributed by atoms with E-state index in [0.29, 0.717) is 0 Å². The van der Waals surface area contributed by atoms with Crippen molar-refractivity contribution < 1.29 is 9.14 Å². The van der Waals surface area contributed by atoms with Gasteiger partial charge in [-0.1, -0.05) is 94.0 Å². The molecule has 6 heterocycles.